The molecule has 0 radical (unpaired) electrons. The molecular weight excluding hydrogens is 226 g/mol. The normalized spacial score (nSPS) is 10.2. The average Bonchev–Trinajstić information content (AvgIpc) is 2.28. The number of rotatable bonds is 3. The quantitative estimate of drug-likeness (QED) is 0.890. The molecule has 1 aromatic carbocycles. The van der Waals surface area contributed by atoms with Gasteiger partial charge in [-0.2, -0.15) is 0 Å². The number of para-hydroxylation sites is 1. The molecule has 0 saturated heterocycles. The first-order chi connectivity index (χ1) is 8.16. The van der Waals surface area contributed by atoms with Gasteiger partial charge < -0.3 is 10.5 Å². The zero-order valence-electron chi connectivity index (χ0n) is 8.86. The number of anilines is 1. The van der Waals surface area contributed by atoms with Gasteiger partial charge in [0.1, 0.15) is 12.4 Å². The minimum Gasteiger partial charge on any atom is -0.483 e. The molecule has 1 aromatic heterocycles. The molecule has 1 heterocycles. The van der Waals surface area contributed by atoms with Crippen molar-refractivity contribution in [3.63, 3.8) is 0 Å². The Hall–Kier alpha value is -2.17. The summed E-state index contributed by atoms with van der Waals surface area (Å²) in [4.78, 5) is 3.80. The lowest BCUT2D eigenvalue weighted by molar-refractivity contribution is 0.274. The van der Waals surface area contributed by atoms with Gasteiger partial charge in [0.25, 0.3) is 0 Å². The SMILES string of the molecule is Nc1cc(COc2c(F)cccc2F)ccn1. The van der Waals surface area contributed by atoms with Crippen molar-refractivity contribution in [2.45, 2.75) is 6.61 Å². The van der Waals surface area contributed by atoms with Crippen molar-refractivity contribution in [2.24, 2.45) is 0 Å². The number of benzene rings is 1. The number of ether oxygens (including phenoxy) is 1. The Balaban J connectivity index is 2.13. The minimum absolute atomic E-state index is 0.0323. The molecule has 0 bridgehead atoms. The molecule has 88 valence electrons. The van der Waals surface area contributed by atoms with Gasteiger partial charge in [-0.1, -0.05) is 6.07 Å². The minimum atomic E-state index is -0.730. The molecule has 0 aliphatic carbocycles. The van der Waals surface area contributed by atoms with E-state index in [1.165, 1.54) is 12.3 Å². The number of nitrogens with zero attached hydrogens (tertiary/aromatic N) is 1. The summed E-state index contributed by atoms with van der Waals surface area (Å²) in [5.41, 5.74) is 6.17. The summed E-state index contributed by atoms with van der Waals surface area (Å²) in [5.74, 6) is -1.51. The Labute approximate surface area is 96.9 Å². The van der Waals surface area contributed by atoms with Crippen molar-refractivity contribution >= 4 is 5.82 Å². The summed E-state index contributed by atoms with van der Waals surface area (Å²) in [5, 5.41) is 0. The lowest BCUT2D eigenvalue weighted by Gasteiger charge is -2.08. The summed E-state index contributed by atoms with van der Waals surface area (Å²) in [6.45, 7) is 0.0323. The number of hydrogen-bond acceptors (Lipinski definition) is 3. The molecule has 3 nitrogen and oxygen atoms in total. The fourth-order valence-corrected chi connectivity index (χ4v) is 1.36. The Kier molecular flexibility index (Phi) is 3.18. The van der Waals surface area contributed by atoms with Crippen molar-refractivity contribution < 1.29 is 13.5 Å². The Morgan fingerprint density at radius 3 is 2.53 bits per heavy atom. The highest BCUT2D eigenvalue weighted by molar-refractivity contribution is 5.32. The molecule has 0 aliphatic heterocycles. The summed E-state index contributed by atoms with van der Waals surface area (Å²) >= 11 is 0. The summed E-state index contributed by atoms with van der Waals surface area (Å²) in [6.07, 6.45) is 1.51. The largest absolute Gasteiger partial charge is 0.483 e. The van der Waals surface area contributed by atoms with Gasteiger partial charge in [0.05, 0.1) is 0 Å². The third-order valence-corrected chi connectivity index (χ3v) is 2.15. The van der Waals surface area contributed by atoms with E-state index >= 15 is 0 Å². The van der Waals surface area contributed by atoms with E-state index in [1.807, 2.05) is 0 Å². The van der Waals surface area contributed by atoms with Gasteiger partial charge in [0.2, 0.25) is 0 Å². The van der Waals surface area contributed by atoms with Gasteiger partial charge in [0, 0.05) is 6.20 Å². The van der Waals surface area contributed by atoms with Crippen LogP contribution in [-0.4, -0.2) is 4.98 Å². The van der Waals surface area contributed by atoms with Crippen LogP contribution in [0.1, 0.15) is 5.56 Å². The molecule has 17 heavy (non-hydrogen) atoms. The number of pyridine rings is 1. The standard InChI is InChI=1S/C12H10F2N2O/c13-9-2-1-3-10(14)12(9)17-7-8-4-5-16-11(15)6-8/h1-6H,7H2,(H2,15,16). The van der Waals surface area contributed by atoms with Gasteiger partial charge in [-0.15, -0.1) is 0 Å². The Morgan fingerprint density at radius 1 is 1.18 bits per heavy atom. The van der Waals surface area contributed by atoms with E-state index in [0.717, 1.165) is 12.1 Å². The topological polar surface area (TPSA) is 48.1 Å². The van der Waals surface area contributed by atoms with Gasteiger partial charge >= 0.3 is 0 Å². The smallest absolute Gasteiger partial charge is 0.191 e. The zero-order chi connectivity index (χ0) is 12.3. The van der Waals surface area contributed by atoms with Crippen LogP contribution in [0.25, 0.3) is 0 Å². The molecule has 0 amide bonds. The maximum atomic E-state index is 13.2. The fourth-order valence-electron chi connectivity index (χ4n) is 1.36. The lowest BCUT2D eigenvalue weighted by Crippen LogP contribution is -2.01. The van der Waals surface area contributed by atoms with Gasteiger partial charge in [-0.25, -0.2) is 13.8 Å². The molecule has 2 rings (SSSR count). The second-order valence-electron chi connectivity index (χ2n) is 3.43. The molecule has 0 spiro atoms. The first-order valence-electron chi connectivity index (χ1n) is 4.94. The summed E-state index contributed by atoms with van der Waals surface area (Å²) < 4.78 is 31.5. The van der Waals surface area contributed by atoms with E-state index in [4.69, 9.17) is 10.5 Å². The van der Waals surface area contributed by atoms with Crippen molar-refractivity contribution in [1.82, 2.24) is 4.98 Å². The third kappa shape index (κ3) is 2.69. The van der Waals surface area contributed by atoms with Gasteiger partial charge in [-0.3, -0.25) is 0 Å². The van der Waals surface area contributed by atoms with Crippen molar-refractivity contribution in [3.8, 4) is 5.75 Å². The van der Waals surface area contributed by atoms with Gasteiger partial charge in [-0.05, 0) is 29.8 Å². The van der Waals surface area contributed by atoms with Crippen LogP contribution >= 0.6 is 0 Å². The van der Waals surface area contributed by atoms with Crippen LogP contribution in [0, 0.1) is 11.6 Å². The predicted molar refractivity (Wildman–Crippen MR) is 59.3 cm³/mol. The molecule has 2 N–H and O–H groups in total. The number of hydrogen-bond donors (Lipinski definition) is 1. The van der Waals surface area contributed by atoms with Crippen LogP contribution in [0.4, 0.5) is 14.6 Å². The zero-order valence-corrected chi connectivity index (χ0v) is 8.86. The first-order valence-corrected chi connectivity index (χ1v) is 4.94. The molecule has 0 fully saturated rings. The lowest BCUT2D eigenvalue weighted by atomic mass is 10.2. The van der Waals surface area contributed by atoms with E-state index in [-0.39, 0.29) is 12.4 Å². The summed E-state index contributed by atoms with van der Waals surface area (Å²) in [6, 6.07) is 6.80. The molecular formula is C12H10F2N2O. The maximum Gasteiger partial charge on any atom is 0.191 e. The number of halogens is 2. The first kappa shape index (κ1) is 11.3. The monoisotopic (exact) mass is 236 g/mol. The van der Waals surface area contributed by atoms with Crippen LogP contribution in [0.2, 0.25) is 0 Å². The summed E-state index contributed by atoms with van der Waals surface area (Å²) in [7, 11) is 0. The highest BCUT2D eigenvalue weighted by Gasteiger charge is 2.09. The fraction of sp³-hybridized carbons (Fsp3) is 0.0833. The molecule has 0 aliphatic rings. The van der Waals surface area contributed by atoms with Crippen LogP contribution in [0.15, 0.2) is 36.5 Å². The molecule has 0 unspecified atom stereocenters. The predicted octanol–water partition coefficient (Wildman–Crippen LogP) is 2.52. The second-order valence-corrected chi connectivity index (χ2v) is 3.43. The van der Waals surface area contributed by atoms with Crippen LogP contribution < -0.4 is 10.5 Å². The molecule has 0 atom stereocenters. The van der Waals surface area contributed by atoms with E-state index in [1.54, 1.807) is 12.1 Å². The Morgan fingerprint density at radius 2 is 1.88 bits per heavy atom. The van der Waals surface area contributed by atoms with Crippen molar-refractivity contribution in [3.05, 3.63) is 53.7 Å². The van der Waals surface area contributed by atoms with Crippen LogP contribution in [0.5, 0.6) is 5.75 Å². The third-order valence-electron chi connectivity index (χ3n) is 2.15. The van der Waals surface area contributed by atoms with Gasteiger partial charge in [0.15, 0.2) is 17.4 Å². The number of nitrogen functional groups attached to an aromatic ring is 1. The second kappa shape index (κ2) is 4.78. The average molecular weight is 236 g/mol. The highest BCUT2D eigenvalue weighted by Crippen LogP contribution is 2.22. The molecule has 5 heteroatoms. The van der Waals surface area contributed by atoms with Crippen molar-refractivity contribution in [1.29, 1.82) is 0 Å². The van der Waals surface area contributed by atoms with Crippen molar-refractivity contribution in [2.75, 3.05) is 5.73 Å². The van der Waals surface area contributed by atoms with E-state index in [9.17, 15) is 8.78 Å². The molecule has 0 saturated carbocycles. The van der Waals surface area contributed by atoms with Crippen LogP contribution in [0.3, 0.4) is 0 Å². The van der Waals surface area contributed by atoms with E-state index in [0.29, 0.717) is 11.4 Å². The van der Waals surface area contributed by atoms with E-state index < -0.39 is 11.6 Å². The van der Waals surface area contributed by atoms with E-state index in [2.05, 4.69) is 4.98 Å². The number of nitrogens with two attached hydrogens (primary N) is 1. The molecule has 2 aromatic rings. The maximum absolute atomic E-state index is 13.2. The number of aromatic nitrogens is 1. The highest BCUT2D eigenvalue weighted by atomic mass is 19.1. The Bertz CT molecular complexity index is 511. The van der Waals surface area contributed by atoms with Crippen LogP contribution in [-0.2, 0) is 6.61 Å².